The Hall–Kier alpha value is -5.46. The van der Waals surface area contributed by atoms with Crippen molar-refractivity contribution in [2.45, 2.75) is 473 Å². The molecule has 0 rings (SSSR count). The van der Waals surface area contributed by atoms with Crippen LogP contribution in [0.1, 0.15) is 473 Å². The molecule has 24 heteroatoms. The molecular formula is C105H208N14O10. The zero-order valence-corrected chi connectivity index (χ0v) is 85.5. The topological polar surface area (TPSA) is 325 Å². The molecule has 10 N–H and O–H groups in total. The van der Waals surface area contributed by atoms with Crippen molar-refractivity contribution in [3.8, 4) is 0 Å². The summed E-state index contributed by atoms with van der Waals surface area (Å²) in [6.07, 6.45) is 72.0. The van der Waals surface area contributed by atoms with Gasteiger partial charge in [0.25, 0.3) is 0 Å². The van der Waals surface area contributed by atoms with Gasteiger partial charge in [-0.1, -0.05) is 415 Å². The zero-order valence-electron chi connectivity index (χ0n) is 85.5. The second-order valence-electron chi connectivity index (χ2n) is 37.5. The number of hydrogen-bond acceptors (Lipinski definition) is 14. The van der Waals surface area contributed by atoms with Gasteiger partial charge in [-0.2, -0.15) is 0 Å². The minimum atomic E-state index is -0.569. The number of primary amides is 2. The van der Waals surface area contributed by atoms with Crippen molar-refractivity contribution in [1.82, 2.24) is 49.8 Å². The highest BCUT2D eigenvalue weighted by atomic mass is 16.2. The molecule has 0 saturated carbocycles. The number of carbonyl (C=O) groups excluding carboxylic acids is 10. The average molecular weight is 1830 g/mol. The van der Waals surface area contributed by atoms with Crippen LogP contribution in [0.2, 0.25) is 0 Å². The van der Waals surface area contributed by atoms with E-state index in [9.17, 15) is 47.9 Å². The van der Waals surface area contributed by atoms with E-state index in [4.69, 9.17) is 22.9 Å². The number of amides is 10. The third-order valence-corrected chi connectivity index (χ3v) is 25.2. The van der Waals surface area contributed by atoms with Gasteiger partial charge in [-0.3, -0.25) is 47.9 Å². The van der Waals surface area contributed by atoms with Crippen molar-refractivity contribution >= 4 is 59.1 Å². The second-order valence-corrected chi connectivity index (χ2v) is 37.5. The molecule has 0 aliphatic rings. The molecule has 0 spiro atoms. The first-order chi connectivity index (χ1) is 62.8. The van der Waals surface area contributed by atoms with Crippen molar-refractivity contribution in [3.63, 3.8) is 0 Å². The quantitative estimate of drug-likeness (QED) is 0.0309. The molecule has 0 unspecified atom stereocenters. The zero-order chi connectivity index (χ0) is 95.3. The molecule has 0 bridgehead atoms. The van der Waals surface area contributed by atoms with Gasteiger partial charge in [-0.05, 0) is 70.9 Å². The Bertz CT molecular complexity index is 2650. The first kappa shape index (κ1) is 126. The van der Waals surface area contributed by atoms with Crippen LogP contribution in [0.15, 0.2) is 0 Å². The lowest BCUT2D eigenvalue weighted by atomic mass is 10.1. The Morgan fingerprint density at radius 3 is 0.457 bits per heavy atom. The molecule has 0 aliphatic carbocycles. The van der Waals surface area contributed by atoms with E-state index in [1.807, 2.05) is 0 Å². The summed E-state index contributed by atoms with van der Waals surface area (Å²) in [5.41, 5.74) is 22.7. The van der Waals surface area contributed by atoms with E-state index >= 15 is 0 Å². The van der Waals surface area contributed by atoms with Crippen LogP contribution in [0.25, 0.3) is 0 Å². The summed E-state index contributed by atoms with van der Waals surface area (Å²) < 4.78 is 0. The van der Waals surface area contributed by atoms with Gasteiger partial charge in [0.1, 0.15) is 0 Å². The van der Waals surface area contributed by atoms with Gasteiger partial charge in [0.15, 0.2) is 0 Å². The van der Waals surface area contributed by atoms with E-state index in [0.717, 1.165) is 199 Å². The van der Waals surface area contributed by atoms with Gasteiger partial charge in [0.05, 0.1) is 65.4 Å². The fourth-order valence-corrected chi connectivity index (χ4v) is 16.7. The molecule has 0 fully saturated rings. The number of hydrogen-bond donors (Lipinski definition) is 6. The average Bonchev–Trinajstić information content (AvgIpc) is 0.852. The van der Waals surface area contributed by atoms with Crippen LogP contribution in [0, 0.1) is 0 Å². The maximum absolute atomic E-state index is 14.4. The number of nitrogens with two attached hydrogens (primary N) is 4. The number of unbranched alkanes of at least 4 members (excludes halogenated alkanes) is 56. The number of rotatable bonds is 97. The van der Waals surface area contributed by atoms with Gasteiger partial charge in [-0.25, -0.2) is 0 Å². The van der Waals surface area contributed by atoms with E-state index < -0.39 is 11.8 Å². The fourth-order valence-electron chi connectivity index (χ4n) is 16.7. The van der Waals surface area contributed by atoms with E-state index in [1.165, 1.54) is 228 Å². The lowest BCUT2D eigenvalue weighted by Crippen LogP contribution is -2.51. The Balaban J connectivity index is 0. The van der Waals surface area contributed by atoms with Gasteiger partial charge in [0.2, 0.25) is 59.1 Å². The summed E-state index contributed by atoms with van der Waals surface area (Å²) in [4.78, 5) is 150. The lowest BCUT2D eigenvalue weighted by Gasteiger charge is -2.31. The Morgan fingerprint density at radius 1 is 0.171 bits per heavy atom. The highest BCUT2D eigenvalue weighted by molar-refractivity contribution is 5.93. The van der Waals surface area contributed by atoms with Crippen LogP contribution in [-0.2, 0) is 47.9 Å². The maximum atomic E-state index is 14.4. The van der Waals surface area contributed by atoms with E-state index in [0.29, 0.717) is 78.5 Å². The molecule has 24 nitrogen and oxygen atoms in total. The van der Waals surface area contributed by atoms with Crippen LogP contribution in [0.3, 0.4) is 0 Å². The molecule has 0 heterocycles. The van der Waals surface area contributed by atoms with Crippen molar-refractivity contribution in [2.24, 2.45) is 22.9 Å². The predicted molar refractivity (Wildman–Crippen MR) is 540 cm³/mol. The summed E-state index contributed by atoms with van der Waals surface area (Å²) in [6.45, 7) is 22.4. The molecule has 10 amide bonds. The third-order valence-electron chi connectivity index (χ3n) is 25.2. The normalized spacial score (nSPS) is 11.2. The molecule has 0 aromatic carbocycles. The highest BCUT2D eigenvalue weighted by Crippen LogP contribution is 2.20. The van der Waals surface area contributed by atoms with Gasteiger partial charge in [0, 0.05) is 65.4 Å². The van der Waals surface area contributed by atoms with Crippen LogP contribution in [-0.4, -0.2) is 242 Å². The SMILES string of the molecule is CCCCCCCCCCN(CC(N)=O)C(=O)CN(CCCCCCCCCC)C(=O)CN(CCCCCCCCCC)C(=O)CN(CCCCCCCCCC)C(=O)CNCCCN.CCCCCCCCCCN(CC(N)=O)C(=O)CN(CCCCCCCCCC)C(=O)CN(CCCCCCCCCC)C(=O)CN(CCCCCCCCCC)C(=O)CNCCN. The van der Waals surface area contributed by atoms with Crippen LogP contribution in [0.5, 0.6) is 0 Å². The molecule has 0 atom stereocenters. The predicted octanol–water partition coefficient (Wildman–Crippen LogP) is 20.2. The molecule has 0 aromatic heterocycles. The van der Waals surface area contributed by atoms with Crippen LogP contribution in [0.4, 0.5) is 0 Å². The molecular weight excluding hydrogens is 1620 g/mol. The van der Waals surface area contributed by atoms with E-state index in [2.05, 4.69) is 66.0 Å². The Labute approximate surface area is 792 Å². The minimum absolute atomic E-state index is 0.0832. The monoisotopic (exact) mass is 1830 g/mol. The Morgan fingerprint density at radius 2 is 0.310 bits per heavy atom. The molecule has 0 aliphatic heterocycles. The summed E-state index contributed by atoms with van der Waals surface area (Å²) >= 11 is 0. The number of nitrogens with zero attached hydrogens (tertiary/aromatic N) is 8. The smallest absolute Gasteiger partial charge is 0.242 e. The van der Waals surface area contributed by atoms with E-state index in [1.54, 1.807) is 29.4 Å². The van der Waals surface area contributed by atoms with Gasteiger partial charge in [-0.15, -0.1) is 0 Å². The van der Waals surface area contributed by atoms with Crippen molar-refractivity contribution in [1.29, 1.82) is 0 Å². The molecule has 0 radical (unpaired) electrons. The Kier molecular flexibility index (Phi) is 93.2. The second kappa shape index (κ2) is 95.7. The summed E-state index contributed by atoms with van der Waals surface area (Å²) in [6, 6.07) is 0. The highest BCUT2D eigenvalue weighted by Gasteiger charge is 2.30. The largest absolute Gasteiger partial charge is 0.368 e. The number of carbonyl (C=O) groups is 10. The van der Waals surface area contributed by atoms with E-state index in [-0.39, 0.29) is 113 Å². The van der Waals surface area contributed by atoms with Crippen molar-refractivity contribution < 1.29 is 47.9 Å². The van der Waals surface area contributed by atoms with Crippen LogP contribution < -0.4 is 33.6 Å². The summed E-state index contributed by atoms with van der Waals surface area (Å²) in [7, 11) is 0. The van der Waals surface area contributed by atoms with Crippen molar-refractivity contribution in [2.75, 3.05) is 144 Å². The van der Waals surface area contributed by atoms with Gasteiger partial charge >= 0.3 is 0 Å². The minimum Gasteiger partial charge on any atom is -0.368 e. The lowest BCUT2D eigenvalue weighted by molar-refractivity contribution is -0.146. The van der Waals surface area contributed by atoms with Crippen molar-refractivity contribution in [3.05, 3.63) is 0 Å². The summed E-state index contributed by atoms with van der Waals surface area (Å²) in [5.74, 6) is -3.01. The first-order valence-electron chi connectivity index (χ1n) is 54.4. The molecule has 0 aromatic rings. The molecule has 129 heavy (non-hydrogen) atoms. The summed E-state index contributed by atoms with van der Waals surface area (Å²) in [5, 5.41) is 6.30. The van der Waals surface area contributed by atoms with Crippen LogP contribution >= 0.6 is 0 Å². The van der Waals surface area contributed by atoms with Gasteiger partial charge < -0.3 is 72.8 Å². The third kappa shape index (κ3) is 79.6. The maximum Gasteiger partial charge on any atom is 0.242 e. The molecule has 758 valence electrons. The fraction of sp³-hybridized carbons (Fsp3) is 0.905. The number of nitrogens with one attached hydrogen (secondary N) is 2. The standard InChI is InChI=1S/C53H105N7O5.C52H103N7O5/c1-5-9-13-17-21-25-29-33-40-57(45-49(55)61)51(63)47-59(42-35-31-27-23-19-15-11-7-3)53(65)48-60(43-36-32-28-24-20-16-12-8-4)52(64)46-58(50(62)44-56-39-37-38-54)41-34-30-26-22-18-14-10-6-2;1-5-9-13-17-21-25-29-33-39-56(44-48(54)60)50(62)46-58(41-35-31-27-23-19-15-11-7-3)52(64)47-59(42-36-32-28-24-20-16-12-8-4)51(63)45-57(49(61)43-55-38-37-53)40-34-30-26-22-18-14-10-6-2/h56H,5-48,54H2,1-4H3,(H2,55,61);55H,5-47,53H2,1-4H3,(H2,54,60). The first-order valence-corrected chi connectivity index (χ1v) is 54.4. The molecule has 0 saturated heterocycles.